The fraction of sp³-hybridized carbons (Fsp3) is 0.263. The van der Waals surface area contributed by atoms with Crippen LogP contribution in [0.15, 0.2) is 48.9 Å². The van der Waals surface area contributed by atoms with Crippen LogP contribution in [0, 0.1) is 6.92 Å². The molecule has 0 saturated carbocycles. The van der Waals surface area contributed by atoms with Crippen molar-refractivity contribution in [1.82, 2.24) is 24.4 Å². The van der Waals surface area contributed by atoms with Gasteiger partial charge in [0, 0.05) is 37.7 Å². The molecule has 0 aliphatic heterocycles. The topological polar surface area (TPSA) is 84.1 Å². The van der Waals surface area contributed by atoms with E-state index in [2.05, 4.69) is 15.0 Å². The van der Waals surface area contributed by atoms with E-state index in [1.165, 1.54) is 0 Å². The lowest BCUT2D eigenvalue weighted by Crippen LogP contribution is -2.34. The molecule has 0 bridgehead atoms. The number of aryl methyl sites for hydroxylation is 2. The Morgan fingerprint density at radius 1 is 1.23 bits per heavy atom. The zero-order chi connectivity index (χ0) is 18.5. The standard InChI is InChI=1S/C19H21N5O2/c1-14-16(12-21-18(22-14)15-6-4-3-5-7-15)19(26)24(10-11-25)13-17-20-8-9-23(17)2/h3-9,12,25H,10-11,13H2,1-2H3. The smallest absolute Gasteiger partial charge is 0.257 e. The lowest BCUT2D eigenvalue weighted by Gasteiger charge is -2.22. The molecule has 0 aliphatic carbocycles. The minimum absolute atomic E-state index is 0.127. The molecule has 0 fully saturated rings. The Bertz CT molecular complexity index is 892. The van der Waals surface area contributed by atoms with E-state index in [0.717, 1.165) is 11.4 Å². The molecule has 0 spiro atoms. The summed E-state index contributed by atoms with van der Waals surface area (Å²) in [4.78, 5) is 27.6. The van der Waals surface area contributed by atoms with Gasteiger partial charge in [-0.2, -0.15) is 0 Å². The minimum atomic E-state index is -0.223. The fourth-order valence-corrected chi connectivity index (χ4v) is 2.67. The van der Waals surface area contributed by atoms with Gasteiger partial charge in [0.1, 0.15) is 5.82 Å². The first-order chi connectivity index (χ1) is 12.6. The summed E-state index contributed by atoms with van der Waals surface area (Å²) in [6, 6.07) is 9.62. The lowest BCUT2D eigenvalue weighted by molar-refractivity contribution is 0.0700. The van der Waals surface area contributed by atoms with Gasteiger partial charge in [-0.1, -0.05) is 30.3 Å². The second-order valence-electron chi connectivity index (χ2n) is 5.96. The van der Waals surface area contributed by atoms with Gasteiger partial charge < -0.3 is 14.6 Å². The first-order valence-electron chi connectivity index (χ1n) is 8.35. The number of carbonyl (C=O) groups excluding carboxylic acids is 1. The second kappa shape index (κ2) is 7.88. The summed E-state index contributed by atoms with van der Waals surface area (Å²) in [7, 11) is 1.87. The molecule has 7 heteroatoms. The van der Waals surface area contributed by atoms with E-state index in [-0.39, 0.29) is 19.1 Å². The monoisotopic (exact) mass is 351 g/mol. The predicted octanol–water partition coefficient (Wildman–Crippen LogP) is 1.82. The van der Waals surface area contributed by atoms with Gasteiger partial charge >= 0.3 is 0 Å². The highest BCUT2D eigenvalue weighted by molar-refractivity contribution is 5.95. The normalized spacial score (nSPS) is 10.7. The van der Waals surface area contributed by atoms with Gasteiger partial charge in [0.05, 0.1) is 24.4 Å². The molecule has 2 aromatic heterocycles. The maximum Gasteiger partial charge on any atom is 0.257 e. The van der Waals surface area contributed by atoms with Crippen molar-refractivity contribution in [2.45, 2.75) is 13.5 Å². The van der Waals surface area contributed by atoms with E-state index in [1.54, 1.807) is 24.2 Å². The number of carbonyl (C=O) groups is 1. The number of aromatic nitrogens is 4. The van der Waals surface area contributed by atoms with E-state index < -0.39 is 0 Å². The van der Waals surface area contributed by atoms with Crippen LogP contribution in [0.25, 0.3) is 11.4 Å². The third-order valence-corrected chi connectivity index (χ3v) is 4.15. The fourth-order valence-electron chi connectivity index (χ4n) is 2.67. The Kier molecular flexibility index (Phi) is 5.38. The molecule has 7 nitrogen and oxygen atoms in total. The minimum Gasteiger partial charge on any atom is -0.395 e. The van der Waals surface area contributed by atoms with Crippen molar-refractivity contribution in [2.24, 2.45) is 7.05 Å². The number of benzene rings is 1. The molecular weight excluding hydrogens is 330 g/mol. The predicted molar refractivity (Wildman–Crippen MR) is 97.2 cm³/mol. The van der Waals surface area contributed by atoms with E-state index in [4.69, 9.17) is 0 Å². The number of imidazole rings is 1. The average Bonchev–Trinajstić information content (AvgIpc) is 3.06. The van der Waals surface area contributed by atoms with Crippen molar-refractivity contribution in [3.05, 3.63) is 66.0 Å². The second-order valence-corrected chi connectivity index (χ2v) is 5.96. The quantitative estimate of drug-likeness (QED) is 0.732. The van der Waals surface area contributed by atoms with Gasteiger partial charge in [-0.15, -0.1) is 0 Å². The van der Waals surface area contributed by atoms with Crippen LogP contribution in [0.4, 0.5) is 0 Å². The molecule has 0 aliphatic rings. The molecule has 26 heavy (non-hydrogen) atoms. The molecule has 1 aromatic carbocycles. The molecule has 0 radical (unpaired) electrons. The summed E-state index contributed by atoms with van der Waals surface area (Å²) in [5, 5.41) is 9.34. The molecule has 0 saturated heterocycles. The number of hydrogen-bond donors (Lipinski definition) is 1. The third kappa shape index (κ3) is 3.78. The average molecular weight is 351 g/mol. The van der Waals surface area contributed by atoms with Crippen LogP contribution in [-0.4, -0.2) is 48.6 Å². The number of nitrogens with zero attached hydrogens (tertiary/aromatic N) is 5. The van der Waals surface area contributed by atoms with Crippen LogP contribution >= 0.6 is 0 Å². The third-order valence-electron chi connectivity index (χ3n) is 4.15. The summed E-state index contributed by atoms with van der Waals surface area (Å²) in [5.41, 5.74) is 1.92. The maximum atomic E-state index is 12.9. The molecule has 0 unspecified atom stereocenters. The van der Waals surface area contributed by atoms with E-state index >= 15 is 0 Å². The number of rotatable bonds is 6. The van der Waals surface area contributed by atoms with Crippen molar-refractivity contribution in [1.29, 1.82) is 0 Å². The van der Waals surface area contributed by atoms with Crippen LogP contribution in [0.1, 0.15) is 21.9 Å². The summed E-state index contributed by atoms with van der Waals surface area (Å²) < 4.78 is 1.85. The summed E-state index contributed by atoms with van der Waals surface area (Å²) in [6.07, 6.45) is 5.05. The van der Waals surface area contributed by atoms with Crippen molar-refractivity contribution in [3.8, 4) is 11.4 Å². The van der Waals surface area contributed by atoms with Crippen molar-refractivity contribution < 1.29 is 9.90 Å². The molecule has 0 atom stereocenters. The number of amides is 1. The molecule has 134 valence electrons. The molecule has 3 aromatic rings. The van der Waals surface area contributed by atoms with Crippen LogP contribution in [-0.2, 0) is 13.6 Å². The van der Waals surface area contributed by atoms with Gasteiger partial charge in [-0.25, -0.2) is 15.0 Å². The SMILES string of the molecule is Cc1nc(-c2ccccc2)ncc1C(=O)N(CCO)Cc1nccn1C. The molecule has 3 rings (SSSR count). The van der Waals surface area contributed by atoms with Gasteiger partial charge in [-0.05, 0) is 6.92 Å². The largest absolute Gasteiger partial charge is 0.395 e. The van der Waals surface area contributed by atoms with Crippen LogP contribution < -0.4 is 0 Å². The first-order valence-corrected chi connectivity index (χ1v) is 8.35. The maximum absolute atomic E-state index is 12.9. The first kappa shape index (κ1) is 17.8. The Balaban J connectivity index is 1.86. The van der Waals surface area contributed by atoms with Gasteiger partial charge in [-0.3, -0.25) is 4.79 Å². The van der Waals surface area contributed by atoms with Crippen molar-refractivity contribution in [3.63, 3.8) is 0 Å². The lowest BCUT2D eigenvalue weighted by atomic mass is 10.1. The number of aliphatic hydroxyl groups is 1. The van der Waals surface area contributed by atoms with Crippen molar-refractivity contribution >= 4 is 5.91 Å². The molecular formula is C19H21N5O2. The summed E-state index contributed by atoms with van der Waals surface area (Å²) >= 11 is 0. The summed E-state index contributed by atoms with van der Waals surface area (Å²) in [6.45, 7) is 2.19. The van der Waals surface area contributed by atoms with E-state index in [9.17, 15) is 9.90 Å². The Morgan fingerprint density at radius 3 is 2.62 bits per heavy atom. The van der Waals surface area contributed by atoms with Crippen LogP contribution in [0.5, 0.6) is 0 Å². The Hall–Kier alpha value is -3.06. The van der Waals surface area contributed by atoms with Gasteiger partial charge in [0.15, 0.2) is 5.82 Å². The van der Waals surface area contributed by atoms with E-state index in [0.29, 0.717) is 23.6 Å². The molecule has 2 heterocycles. The van der Waals surface area contributed by atoms with E-state index in [1.807, 2.05) is 48.1 Å². The Labute approximate surface area is 152 Å². The van der Waals surface area contributed by atoms with Crippen LogP contribution in [0.3, 0.4) is 0 Å². The highest BCUT2D eigenvalue weighted by Gasteiger charge is 2.20. The zero-order valence-corrected chi connectivity index (χ0v) is 14.8. The number of aliphatic hydroxyl groups excluding tert-OH is 1. The van der Waals surface area contributed by atoms with Crippen molar-refractivity contribution in [2.75, 3.05) is 13.2 Å². The highest BCUT2D eigenvalue weighted by atomic mass is 16.3. The highest BCUT2D eigenvalue weighted by Crippen LogP contribution is 2.17. The molecule has 1 N–H and O–H groups in total. The summed E-state index contributed by atoms with van der Waals surface area (Å²) in [5.74, 6) is 1.10. The zero-order valence-electron chi connectivity index (χ0n) is 14.8. The van der Waals surface area contributed by atoms with Gasteiger partial charge in [0.2, 0.25) is 0 Å². The van der Waals surface area contributed by atoms with Gasteiger partial charge in [0.25, 0.3) is 5.91 Å². The molecule has 1 amide bonds. The number of hydrogen-bond acceptors (Lipinski definition) is 5. The Morgan fingerprint density at radius 2 is 2.00 bits per heavy atom. The van der Waals surface area contributed by atoms with Crippen LogP contribution in [0.2, 0.25) is 0 Å².